The number of rotatable bonds is 10. The number of ether oxygens (including phenoxy) is 6. The van der Waals surface area contributed by atoms with E-state index in [2.05, 4.69) is 0 Å². The largest absolute Gasteiger partial charge is 0.493 e. The molecule has 0 aromatic heterocycles. The first kappa shape index (κ1) is 26.9. The van der Waals surface area contributed by atoms with Crippen molar-refractivity contribution >= 4 is 30.0 Å². The van der Waals surface area contributed by atoms with E-state index in [1.54, 1.807) is 24.3 Å². The Bertz CT molecular complexity index is 1070. The van der Waals surface area contributed by atoms with Crippen LogP contribution in [0.15, 0.2) is 36.4 Å². The summed E-state index contributed by atoms with van der Waals surface area (Å²) in [5.74, 6) is -1.15. The van der Waals surface area contributed by atoms with Gasteiger partial charge in [0.2, 0.25) is 5.75 Å². The first-order valence-electron chi connectivity index (χ1n) is 10.4. The van der Waals surface area contributed by atoms with Crippen molar-refractivity contribution in [1.29, 1.82) is 0 Å². The minimum Gasteiger partial charge on any atom is -0.493 e. The van der Waals surface area contributed by atoms with Gasteiger partial charge in [0.25, 0.3) is 0 Å². The molecule has 0 N–H and O–H groups in total. The second-order valence-corrected chi connectivity index (χ2v) is 7.10. The van der Waals surface area contributed by atoms with E-state index in [4.69, 9.17) is 28.4 Å². The SMILES string of the molecule is COc1cc(/C=C/C(=O)OCCc2cc(OC(C)=O)cc(OC(C)=O)c2)cc(OC)c1OC(C)=O. The van der Waals surface area contributed by atoms with Crippen LogP contribution in [0.3, 0.4) is 0 Å². The smallest absolute Gasteiger partial charge is 0.330 e. The number of methoxy groups -OCH3 is 2. The maximum absolute atomic E-state index is 12.2. The molecule has 0 spiro atoms. The van der Waals surface area contributed by atoms with Crippen molar-refractivity contribution in [2.45, 2.75) is 27.2 Å². The summed E-state index contributed by atoms with van der Waals surface area (Å²) in [5.41, 5.74) is 1.18. The lowest BCUT2D eigenvalue weighted by Crippen LogP contribution is -2.07. The molecule has 35 heavy (non-hydrogen) atoms. The molecule has 0 aliphatic heterocycles. The fourth-order valence-corrected chi connectivity index (χ4v) is 2.95. The van der Waals surface area contributed by atoms with E-state index in [1.165, 1.54) is 53.2 Å². The molecule has 10 heteroatoms. The summed E-state index contributed by atoms with van der Waals surface area (Å²) in [6, 6.07) is 7.72. The van der Waals surface area contributed by atoms with E-state index < -0.39 is 23.9 Å². The zero-order chi connectivity index (χ0) is 26.0. The summed E-state index contributed by atoms with van der Waals surface area (Å²) < 4.78 is 31.0. The predicted octanol–water partition coefficient (Wildman–Crippen LogP) is 3.28. The summed E-state index contributed by atoms with van der Waals surface area (Å²) in [6.45, 7) is 3.78. The van der Waals surface area contributed by atoms with Gasteiger partial charge in [-0.1, -0.05) is 0 Å². The number of carbonyl (C=O) groups is 4. The highest BCUT2D eigenvalue weighted by Crippen LogP contribution is 2.39. The van der Waals surface area contributed by atoms with Crippen molar-refractivity contribution in [3.8, 4) is 28.7 Å². The van der Waals surface area contributed by atoms with E-state index in [0.29, 0.717) is 11.1 Å². The van der Waals surface area contributed by atoms with Gasteiger partial charge in [-0.2, -0.15) is 0 Å². The number of carbonyl (C=O) groups excluding carboxylic acids is 4. The highest BCUT2D eigenvalue weighted by atomic mass is 16.6. The normalized spacial score (nSPS) is 10.4. The Morgan fingerprint density at radius 3 is 1.71 bits per heavy atom. The Morgan fingerprint density at radius 2 is 1.26 bits per heavy atom. The topological polar surface area (TPSA) is 124 Å². The van der Waals surface area contributed by atoms with E-state index in [9.17, 15) is 19.2 Å². The second kappa shape index (κ2) is 12.8. The number of hydrogen-bond donors (Lipinski definition) is 0. The van der Waals surface area contributed by atoms with Crippen molar-refractivity contribution < 1.29 is 47.6 Å². The second-order valence-electron chi connectivity index (χ2n) is 7.10. The highest BCUT2D eigenvalue weighted by Gasteiger charge is 2.15. The van der Waals surface area contributed by atoms with E-state index in [0.717, 1.165) is 0 Å². The lowest BCUT2D eigenvalue weighted by molar-refractivity contribution is -0.137. The molecule has 2 rings (SSSR count). The Hall–Kier alpha value is -4.34. The quantitative estimate of drug-likeness (QED) is 0.281. The molecule has 0 saturated heterocycles. The predicted molar refractivity (Wildman–Crippen MR) is 124 cm³/mol. The van der Waals surface area contributed by atoms with Gasteiger partial charge in [0.05, 0.1) is 20.8 Å². The van der Waals surface area contributed by atoms with Gasteiger partial charge in [-0.3, -0.25) is 14.4 Å². The summed E-state index contributed by atoms with van der Waals surface area (Å²) in [4.78, 5) is 46.0. The maximum Gasteiger partial charge on any atom is 0.330 e. The van der Waals surface area contributed by atoms with Gasteiger partial charge in [0, 0.05) is 39.3 Å². The Labute approximate surface area is 202 Å². The van der Waals surface area contributed by atoms with Crippen LogP contribution in [0.5, 0.6) is 28.7 Å². The molecule has 0 heterocycles. The van der Waals surface area contributed by atoms with Crippen LogP contribution in [0.25, 0.3) is 6.08 Å². The zero-order valence-corrected chi connectivity index (χ0v) is 20.0. The number of hydrogen-bond acceptors (Lipinski definition) is 10. The molecule has 0 unspecified atom stereocenters. The molecule has 0 aliphatic rings. The van der Waals surface area contributed by atoms with E-state index >= 15 is 0 Å². The van der Waals surface area contributed by atoms with Crippen molar-refractivity contribution in [3.05, 3.63) is 47.5 Å². The van der Waals surface area contributed by atoms with Gasteiger partial charge in [-0.15, -0.1) is 0 Å². The van der Waals surface area contributed by atoms with Crippen LogP contribution in [-0.2, 0) is 30.3 Å². The zero-order valence-electron chi connectivity index (χ0n) is 20.0. The van der Waals surface area contributed by atoms with Crippen LogP contribution in [-0.4, -0.2) is 44.7 Å². The van der Waals surface area contributed by atoms with Crippen molar-refractivity contribution in [1.82, 2.24) is 0 Å². The van der Waals surface area contributed by atoms with Gasteiger partial charge >= 0.3 is 23.9 Å². The lowest BCUT2D eigenvalue weighted by atomic mass is 10.1. The van der Waals surface area contributed by atoms with Gasteiger partial charge in [0.15, 0.2) is 11.5 Å². The van der Waals surface area contributed by atoms with Crippen LogP contribution in [0, 0.1) is 0 Å². The molecule has 2 aromatic rings. The standard InChI is InChI=1S/C25H26O10/c1-15(26)33-20-10-19(11-21(14-20)34-16(2)27)8-9-32-24(29)7-6-18-12-22(30-4)25(35-17(3)28)23(13-18)31-5/h6-7,10-14H,8-9H2,1-5H3/b7-6+. The lowest BCUT2D eigenvalue weighted by Gasteiger charge is -2.13. The third-order valence-corrected chi connectivity index (χ3v) is 4.24. The molecule has 0 amide bonds. The van der Waals surface area contributed by atoms with Gasteiger partial charge in [-0.25, -0.2) is 4.79 Å². The number of benzene rings is 2. The highest BCUT2D eigenvalue weighted by molar-refractivity contribution is 5.87. The molecule has 2 aromatic carbocycles. The third-order valence-electron chi connectivity index (χ3n) is 4.24. The van der Waals surface area contributed by atoms with E-state index in [1.807, 2.05) is 0 Å². The molecule has 0 bridgehead atoms. The summed E-state index contributed by atoms with van der Waals surface area (Å²) in [6.07, 6.45) is 2.99. The Morgan fingerprint density at radius 1 is 0.743 bits per heavy atom. The number of esters is 4. The summed E-state index contributed by atoms with van der Waals surface area (Å²) >= 11 is 0. The Balaban J connectivity index is 2.06. The molecule has 0 aliphatic carbocycles. The van der Waals surface area contributed by atoms with E-state index in [-0.39, 0.29) is 41.8 Å². The van der Waals surface area contributed by atoms with Crippen molar-refractivity contribution in [2.24, 2.45) is 0 Å². The monoisotopic (exact) mass is 486 g/mol. The minimum absolute atomic E-state index is 0.0181. The average molecular weight is 486 g/mol. The van der Waals surface area contributed by atoms with Crippen LogP contribution in [0.2, 0.25) is 0 Å². The molecular formula is C25H26O10. The van der Waals surface area contributed by atoms with Crippen LogP contribution in [0.1, 0.15) is 31.9 Å². The summed E-state index contributed by atoms with van der Waals surface area (Å²) in [7, 11) is 2.82. The fraction of sp³-hybridized carbons (Fsp3) is 0.280. The maximum atomic E-state index is 12.2. The molecule has 0 atom stereocenters. The van der Waals surface area contributed by atoms with Crippen molar-refractivity contribution in [3.63, 3.8) is 0 Å². The van der Waals surface area contributed by atoms with Gasteiger partial charge in [0.1, 0.15) is 11.5 Å². The molecular weight excluding hydrogens is 460 g/mol. The van der Waals surface area contributed by atoms with Gasteiger partial charge < -0.3 is 28.4 Å². The van der Waals surface area contributed by atoms with Crippen LogP contribution >= 0.6 is 0 Å². The fourth-order valence-electron chi connectivity index (χ4n) is 2.95. The Kier molecular flexibility index (Phi) is 9.83. The molecule has 0 radical (unpaired) electrons. The molecule has 10 nitrogen and oxygen atoms in total. The first-order valence-corrected chi connectivity index (χ1v) is 10.4. The first-order chi connectivity index (χ1) is 16.6. The van der Waals surface area contributed by atoms with Crippen LogP contribution in [0.4, 0.5) is 0 Å². The minimum atomic E-state index is -0.608. The van der Waals surface area contributed by atoms with Crippen LogP contribution < -0.4 is 23.7 Å². The van der Waals surface area contributed by atoms with Crippen molar-refractivity contribution in [2.75, 3.05) is 20.8 Å². The average Bonchev–Trinajstić information content (AvgIpc) is 2.76. The third kappa shape index (κ3) is 8.84. The summed E-state index contributed by atoms with van der Waals surface area (Å²) in [5, 5.41) is 0. The molecule has 186 valence electrons. The van der Waals surface area contributed by atoms with Gasteiger partial charge in [-0.05, 0) is 41.5 Å². The molecule has 0 saturated carbocycles. The molecule has 0 fully saturated rings.